The fourth-order valence-corrected chi connectivity index (χ4v) is 1.99. The van der Waals surface area contributed by atoms with E-state index in [0.717, 1.165) is 38.2 Å². The van der Waals surface area contributed by atoms with Gasteiger partial charge in [-0.25, -0.2) is 4.98 Å². The van der Waals surface area contributed by atoms with Crippen LogP contribution < -0.4 is 5.32 Å². The van der Waals surface area contributed by atoms with Crippen molar-refractivity contribution < 1.29 is 9.53 Å². The Morgan fingerprint density at radius 1 is 1.47 bits per heavy atom. The highest BCUT2D eigenvalue weighted by Crippen LogP contribution is 2.04. The van der Waals surface area contributed by atoms with Gasteiger partial charge in [0.15, 0.2) is 0 Å². The molecule has 0 radical (unpaired) electrons. The number of aryl methyl sites for hydroxylation is 2. The van der Waals surface area contributed by atoms with E-state index in [1.54, 1.807) is 6.20 Å². The summed E-state index contributed by atoms with van der Waals surface area (Å²) in [6.45, 7) is 8.03. The van der Waals surface area contributed by atoms with E-state index in [1.165, 1.54) is 0 Å². The van der Waals surface area contributed by atoms with Crippen LogP contribution in [0.3, 0.4) is 0 Å². The van der Waals surface area contributed by atoms with Crippen LogP contribution in [0.2, 0.25) is 0 Å². The molecule has 0 fully saturated rings. The summed E-state index contributed by atoms with van der Waals surface area (Å²) in [6.07, 6.45) is 6.39. The minimum atomic E-state index is -0.230. The molecular formula is C14H25N3O2. The SMILES string of the molecule is CCCNC(CCn1ccnc1CC)C(=O)OCC. The maximum atomic E-state index is 11.9. The first-order valence-electron chi connectivity index (χ1n) is 7.12. The number of esters is 1. The summed E-state index contributed by atoms with van der Waals surface area (Å²) in [5, 5.41) is 3.25. The van der Waals surface area contributed by atoms with Gasteiger partial charge in [0.1, 0.15) is 11.9 Å². The third-order valence-corrected chi connectivity index (χ3v) is 2.99. The number of hydrogen-bond acceptors (Lipinski definition) is 4. The van der Waals surface area contributed by atoms with Crippen LogP contribution in [-0.4, -0.2) is 34.7 Å². The van der Waals surface area contributed by atoms with Crippen LogP contribution in [0, 0.1) is 0 Å². The Morgan fingerprint density at radius 2 is 2.26 bits per heavy atom. The van der Waals surface area contributed by atoms with E-state index < -0.39 is 0 Å². The predicted molar refractivity (Wildman–Crippen MR) is 74.9 cm³/mol. The molecule has 1 rings (SSSR count). The molecule has 1 heterocycles. The number of hydrogen-bond donors (Lipinski definition) is 1. The first kappa shape index (κ1) is 15.7. The van der Waals surface area contributed by atoms with Gasteiger partial charge in [-0.2, -0.15) is 0 Å². The third kappa shape index (κ3) is 5.03. The number of carbonyl (C=O) groups excluding carboxylic acids is 1. The van der Waals surface area contributed by atoms with Crippen LogP contribution in [0.5, 0.6) is 0 Å². The summed E-state index contributed by atoms with van der Waals surface area (Å²) < 4.78 is 7.20. The fourth-order valence-electron chi connectivity index (χ4n) is 1.99. The highest BCUT2D eigenvalue weighted by molar-refractivity contribution is 5.75. The van der Waals surface area contributed by atoms with Crippen LogP contribution in [-0.2, 0) is 22.5 Å². The Hall–Kier alpha value is -1.36. The lowest BCUT2D eigenvalue weighted by molar-refractivity contribution is -0.145. The molecule has 0 bridgehead atoms. The Morgan fingerprint density at radius 3 is 2.89 bits per heavy atom. The normalized spacial score (nSPS) is 12.4. The Bertz CT molecular complexity index is 377. The average molecular weight is 267 g/mol. The van der Waals surface area contributed by atoms with Crippen LogP contribution in [0.15, 0.2) is 12.4 Å². The Labute approximate surface area is 115 Å². The van der Waals surface area contributed by atoms with E-state index >= 15 is 0 Å². The maximum Gasteiger partial charge on any atom is 0.323 e. The van der Waals surface area contributed by atoms with Gasteiger partial charge in [0.25, 0.3) is 0 Å². The molecule has 0 spiro atoms. The van der Waals surface area contributed by atoms with Crippen LogP contribution >= 0.6 is 0 Å². The van der Waals surface area contributed by atoms with E-state index in [4.69, 9.17) is 4.74 Å². The highest BCUT2D eigenvalue weighted by Gasteiger charge is 2.18. The van der Waals surface area contributed by atoms with Gasteiger partial charge < -0.3 is 14.6 Å². The second-order valence-corrected chi connectivity index (χ2v) is 4.44. The van der Waals surface area contributed by atoms with Crippen molar-refractivity contribution in [3.63, 3.8) is 0 Å². The van der Waals surface area contributed by atoms with Crippen molar-refractivity contribution in [1.29, 1.82) is 0 Å². The van der Waals surface area contributed by atoms with Crippen molar-refractivity contribution >= 4 is 5.97 Å². The summed E-state index contributed by atoms with van der Waals surface area (Å²) in [5.41, 5.74) is 0. The quantitative estimate of drug-likeness (QED) is 0.693. The molecule has 0 aliphatic rings. The monoisotopic (exact) mass is 267 g/mol. The lowest BCUT2D eigenvalue weighted by Gasteiger charge is -2.17. The summed E-state index contributed by atoms with van der Waals surface area (Å²) >= 11 is 0. The van der Waals surface area contributed by atoms with E-state index in [9.17, 15) is 4.79 Å². The second kappa shape index (κ2) is 8.69. The maximum absolute atomic E-state index is 11.9. The van der Waals surface area contributed by atoms with Crippen molar-refractivity contribution in [3.05, 3.63) is 18.2 Å². The van der Waals surface area contributed by atoms with Crippen molar-refractivity contribution in [3.8, 4) is 0 Å². The first-order valence-corrected chi connectivity index (χ1v) is 7.12. The van der Waals surface area contributed by atoms with Crippen LogP contribution in [0.1, 0.15) is 39.4 Å². The second-order valence-electron chi connectivity index (χ2n) is 4.44. The molecular weight excluding hydrogens is 242 g/mol. The van der Waals surface area contributed by atoms with Gasteiger partial charge in [0.05, 0.1) is 6.61 Å². The predicted octanol–water partition coefficient (Wildman–Crippen LogP) is 1.77. The molecule has 0 aliphatic heterocycles. The van der Waals surface area contributed by atoms with E-state index in [-0.39, 0.29) is 12.0 Å². The minimum Gasteiger partial charge on any atom is -0.465 e. The molecule has 0 aromatic carbocycles. The average Bonchev–Trinajstić information content (AvgIpc) is 2.86. The molecule has 5 nitrogen and oxygen atoms in total. The molecule has 0 aliphatic carbocycles. The van der Waals surface area contributed by atoms with E-state index in [1.807, 2.05) is 13.1 Å². The van der Waals surface area contributed by atoms with Crippen molar-refractivity contribution in [1.82, 2.24) is 14.9 Å². The number of nitrogens with one attached hydrogen (secondary N) is 1. The summed E-state index contributed by atoms with van der Waals surface area (Å²) in [6, 6.07) is -0.230. The molecule has 0 amide bonds. The molecule has 108 valence electrons. The lowest BCUT2D eigenvalue weighted by Crippen LogP contribution is -2.39. The zero-order chi connectivity index (χ0) is 14.1. The first-order chi connectivity index (χ1) is 9.22. The van der Waals surface area contributed by atoms with Gasteiger partial charge in [0, 0.05) is 25.4 Å². The fraction of sp³-hybridized carbons (Fsp3) is 0.714. The number of aromatic nitrogens is 2. The van der Waals surface area contributed by atoms with Crippen LogP contribution in [0.4, 0.5) is 0 Å². The molecule has 1 N–H and O–H groups in total. The molecule has 5 heteroatoms. The highest BCUT2D eigenvalue weighted by atomic mass is 16.5. The van der Waals surface area contributed by atoms with Gasteiger partial charge in [0.2, 0.25) is 0 Å². The number of imidazole rings is 1. The largest absolute Gasteiger partial charge is 0.465 e. The summed E-state index contributed by atoms with van der Waals surface area (Å²) in [4.78, 5) is 16.1. The molecule has 19 heavy (non-hydrogen) atoms. The topological polar surface area (TPSA) is 56.2 Å². The Kier molecular flexibility index (Phi) is 7.18. The van der Waals surface area contributed by atoms with Gasteiger partial charge in [-0.15, -0.1) is 0 Å². The number of carbonyl (C=O) groups is 1. The molecule has 1 aromatic rings. The Balaban J connectivity index is 2.54. The molecule has 0 saturated carbocycles. The summed E-state index contributed by atoms with van der Waals surface area (Å²) in [5.74, 6) is 0.896. The van der Waals surface area contributed by atoms with Gasteiger partial charge in [-0.05, 0) is 26.3 Å². The number of ether oxygens (including phenoxy) is 1. The summed E-state index contributed by atoms with van der Waals surface area (Å²) in [7, 11) is 0. The van der Waals surface area contributed by atoms with Crippen molar-refractivity contribution in [2.75, 3.05) is 13.2 Å². The third-order valence-electron chi connectivity index (χ3n) is 2.99. The van der Waals surface area contributed by atoms with Crippen molar-refractivity contribution in [2.45, 2.75) is 52.6 Å². The minimum absolute atomic E-state index is 0.158. The van der Waals surface area contributed by atoms with Gasteiger partial charge >= 0.3 is 5.97 Å². The molecule has 0 saturated heterocycles. The van der Waals surface area contributed by atoms with E-state index in [2.05, 4.69) is 28.7 Å². The number of rotatable bonds is 9. The van der Waals surface area contributed by atoms with Crippen molar-refractivity contribution in [2.24, 2.45) is 0 Å². The molecule has 1 atom stereocenters. The lowest BCUT2D eigenvalue weighted by atomic mass is 10.2. The zero-order valence-electron chi connectivity index (χ0n) is 12.2. The standard InChI is InChI=1S/C14H25N3O2/c1-4-8-15-12(14(18)19-6-3)7-10-17-11-9-16-13(17)5-2/h9,11-12,15H,4-8,10H2,1-3H3. The molecule has 1 unspecified atom stereocenters. The number of nitrogens with zero attached hydrogens (tertiary/aromatic N) is 2. The van der Waals surface area contributed by atoms with Gasteiger partial charge in [-0.1, -0.05) is 13.8 Å². The smallest absolute Gasteiger partial charge is 0.323 e. The zero-order valence-corrected chi connectivity index (χ0v) is 12.2. The van der Waals surface area contributed by atoms with Crippen LogP contribution in [0.25, 0.3) is 0 Å². The van der Waals surface area contributed by atoms with E-state index in [0.29, 0.717) is 6.61 Å². The van der Waals surface area contributed by atoms with Gasteiger partial charge in [-0.3, -0.25) is 4.79 Å². The molecule has 1 aromatic heterocycles.